The van der Waals surface area contributed by atoms with E-state index < -0.39 is 0 Å². The summed E-state index contributed by atoms with van der Waals surface area (Å²) >= 11 is 5.87. The van der Waals surface area contributed by atoms with Crippen molar-refractivity contribution in [3.63, 3.8) is 0 Å². The summed E-state index contributed by atoms with van der Waals surface area (Å²) in [4.78, 5) is 0. The highest BCUT2D eigenvalue weighted by Gasteiger charge is 2.06. The molecule has 1 atom stereocenters. The molecule has 0 fully saturated rings. The van der Waals surface area contributed by atoms with Crippen molar-refractivity contribution in [1.82, 2.24) is 5.32 Å². The third-order valence-corrected chi connectivity index (χ3v) is 3.47. The number of phenolic OH excluding ortho intramolecular Hbond substituents is 1. The lowest BCUT2D eigenvalue weighted by molar-refractivity contribution is 0.475. The van der Waals surface area contributed by atoms with E-state index in [-0.39, 0.29) is 11.8 Å². The number of hydrogen-bond donors (Lipinski definition) is 2. The Labute approximate surface area is 123 Å². The average molecular weight is 287 g/mol. The Morgan fingerprint density at radius 1 is 1.25 bits per heavy atom. The minimum atomic E-state index is 0.0931. The van der Waals surface area contributed by atoms with Gasteiger partial charge in [0.15, 0.2) is 0 Å². The van der Waals surface area contributed by atoms with Crippen molar-refractivity contribution in [3.8, 4) is 11.8 Å². The first-order valence-electron chi connectivity index (χ1n) is 6.31. The van der Waals surface area contributed by atoms with E-state index >= 15 is 0 Å². The molecule has 20 heavy (non-hydrogen) atoms. The van der Waals surface area contributed by atoms with E-state index in [0.717, 1.165) is 11.1 Å². The highest BCUT2D eigenvalue weighted by molar-refractivity contribution is 6.32. The normalized spacial score (nSPS) is 11.8. The number of rotatable bonds is 4. The smallest absolute Gasteiger partial charge is 0.134 e. The second-order valence-electron chi connectivity index (χ2n) is 4.62. The lowest BCUT2D eigenvalue weighted by atomic mass is 10.1. The SMILES string of the molecule is CC(NCc1ccc(O)c(Cl)c1)c1ccc(C#N)cc1. The van der Waals surface area contributed by atoms with Crippen molar-refractivity contribution in [1.29, 1.82) is 5.26 Å². The number of nitriles is 1. The lowest BCUT2D eigenvalue weighted by Gasteiger charge is -2.14. The van der Waals surface area contributed by atoms with Crippen LogP contribution in [-0.2, 0) is 6.54 Å². The first kappa shape index (κ1) is 14.4. The number of halogens is 1. The molecule has 0 heterocycles. The molecule has 0 aliphatic carbocycles. The molecule has 0 aliphatic rings. The minimum absolute atomic E-state index is 0.0931. The Hall–Kier alpha value is -2.02. The summed E-state index contributed by atoms with van der Waals surface area (Å²) in [6.07, 6.45) is 0. The Balaban J connectivity index is 1.99. The van der Waals surface area contributed by atoms with E-state index in [2.05, 4.69) is 18.3 Å². The largest absolute Gasteiger partial charge is 0.506 e. The van der Waals surface area contributed by atoms with Crippen molar-refractivity contribution in [2.75, 3.05) is 0 Å². The van der Waals surface area contributed by atoms with Crippen LogP contribution in [0.4, 0.5) is 0 Å². The maximum atomic E-state index is 9.37. The van der Waals surface area contributed by atoms with E-state index in [0.29, 0.717) is 17.1 Å². The quantitative estimate of drug-likeness (QED) is 0.899. The van der Waals surface area contributed by atoms with Gasteiger partial charge in [0.05, 0.1) is 16.7 Å². The molecule has 2 aromatic carbocycles. The third kappa shape index (κ3) is 3.51. The highest BCUT2D eigenvalue weighted by Crippen LogP contribution is 2.24. The summed E-state index contributed by atoms with van der Waals surface area (Å²) in [5.41, 5.74) is 2.79. The van der Waals surface area contributed by atoms with Gasteiger partial charge in [-0.05, 0) is 42.3 Å². The molecule has 102 valence electrons. The number of benzene rings is 2. The van der Waals surface area contributed by atoms with Gasteiger partial charge in [0.25, 0.3) is 0 Å². The number of aromatic hydroxyl groups is 1. The van der Waals surface area contributed by atoms with E-state index in [1.807, 2.05) is 30.3 Å². The van der Waals surface area contributed by atoms with Crippen molar-refractivity contribution in [3.05, 3.63) is 64.2 Å². The van der Waals surface area contributed by atoms with Gasteiger partial charge in [-0.2, -0.15) is 5.26 Å². The Morgan fingerprint density at radius 3 is 2.55 bits per heavy atom. The zero-order valence-corrected chi connectivity index (χ0v) is 11.9. The lowest BCUT2D eigenvalue weighted by Crippen LogP contribution is -2.18. The maximum Gasteiger partial charge on any atom is 0.134 e. The summed E-state index contributed by atoms with van der Waals surface area (Å²) in [6, 6.07) is 14.9. The molecule has 4 heteroatoms. The molecule has 0 saturated carbocycles. The van der Waals surface area contributed by atoms with Crippen LogP contribution in [0.15, 0.2) is 42.5 Å². The summed E-state index contributed by atoms with van der Waals surface area (Å²) in [5.74, 6) is 0.0931. The summed E-state index contributed by atoms with van der Waals surface area (Å²) in [5, 5.41) is 21.9. The van der Waals surface area contributed by atoms with E-state index in [1.54, 1.807) is 12.1 Å². The van der Waals surface area contributed by atoms with Crippen LogP contribution in [0, 0.1) is 11.3 Å². The van der Waals surface area contributed by atoms with Crippen LogP contribution < -0.4 is 5.32 Å². The Kier molecular flexibility index (Phi) is 4.62. The van der Waals surface area contributed by atoms with Crippen molar-refractivity contribution in [2.24, 2.45) is 0 Å². The Morgan fingerprint density at radius 2 is 1.95 bits per heavy atom. The van der Waals surface area contributed by atoms with Gasteiger partial charge in [-0.15, -0.1) is 0 Å². The second-order valence-corrected chi connectivity index (χ2v) is 5.03. The molecule has 2 rings (SSSR count). The molecule has 0 saturated heterocycles. The van der Waals surface area contributed by atoms with Crippen LogP contribution in [0.25, 0.3) is 0 Å². The van der Waals surface area contributed by atoms with E-state index in [4.69, 9.17) is 16.9 Å². The van der Waals surface area contributed by atoms with Crippen LogP contribution in [-0.4, -0.2) is 5.11 Å². The molecular formula is C16H15ClN2O. The fourth-order valence-electron chi connectivity index (χ4n) is 1.90. The van der Waals surface area contributed by atoms with Gasteiger partial charge in [-0.25, -0.2) is 0 Å². The molecule has 0 amide bonds. The molecular weight excluding hydrogens is 272 g/mol. The van der Waals surface area contributed by atoms with Gasteiger partial charge in [-0.3, -0.25) is 0 Å². The number of nitrogens with one attached hydrogen (secondary N) is 1. The van der Waals surface area contributed by atoms with Gasteiger partial charge in [0.1, 0.15) is 5.75 Å². The zero-order chi connectivity index (χ0) is 14.5. The van der Waals surface area contributed by atoms with Crippen molar-refractivity contribution in [2.45, 2.75) is 19.5 Å². The standard InChI is InChI=1S/C16H15ClN2O/c1-11(14-5-2-12(9-18)3-6-14)19-10-13-4-7-16(20)15(17)8-13/h2-8,11,19-20H,10H2,1H3. The number of hydrogen-bond acceptors (Lipinski definition) is 3. The highest BCUT2D eigenvalue weighted by atomic mass is 35.5. The van der Waals surface area contributed by atoms with Gasteiger partial charge in [0, 0.05) is 12.6 Å². The fraction of sp³-hybridized carbons (Fsp3) is 0.188. The number of nitrogens with zero attached hydrogens (tertiary/aromatic N) is 1. The molecule has 3 nitrogen and oxygen atoms in total. The Bertz CT molecular complexity index is 632. The molecule has 0 aliphatic heterocycles. The van der Waals surface area contributed by atoms with E-state index in [1.165, 1.54) is 0 Å². The first-order chi connectivity index (χ1) is 9.60. The molecule has 2 aromatic rings. The van der Waals surface area contributed by atoms with Crippen LogP contribution in [0.5, 0.6) is 5.75 Å². The molecule has 0 spiro atoms. The third-order valence-electron chi connectivity index (χ3n) is 3.16. The molecule has 0 radical (unpaired) electrons. The number of phenols is 1. The summed E-state index contributed by atoms with van der Waals surface area (Å²) in [7, 11) is 0. The van der Waals surface area contributed by atoms with Crippen LogP contribution in [0.1, 0.15) is 29.7 Å². The van der Waals surface area contributed by atoms with Gasteiger partial charge < -0.3 is 10.4 Å². The zero-order valence-electron chi connectivity index (χ0n) is 11.1. The summed E-state index contributed by atoms with van der Waals surface area (Å²) in [6.45, 7) is 2.71. The minimum Gasteiger partial charge on any atom is -0.506 e. The van der Waals surface area contributed by atoms with Crippen molar-refractivity contribution >= 4 is 11.6 Å². The van der Waals surface area contributed by atoms with Gasteiger partial charge in [0.2, 0.25) is 0 Å². The topological polar surface area (TPSA) is 56.0 Å². The van der Waals surface area contributed by atoms with E-state index in [9.17, 15) is 5.11 Å². The molecule has 0 bridgehead atoms. The average Bonchev–Trinajstić information content (AvgIpc) is 2.48. The van der Waals surface area contributed by atoms with Crippen LogP contribution in [0.3, 0.4) is 0 Å². The predicted molar refractivity (Wildman–Crippen MR) is 79.5 cm³/mol. The fourth-order valence-corrected chi connectivity index (χ4v) is 2.10. The van der Waals surface area contributed by atoms with Crippen LogP contribution in [0.2, 0.25) is 5.02 Å². The first-order valence-corrected chi connectivity index (χ1v) is 6.69. The molecule has 1 unspecified atom stereocenters. The van der Waals surface area contributed by atoms with Gasteiger partial charge in [-0.1, -0.05) is 29.8 Å². The predicted octanol–water partition coefficient (Wildman–Crippen LogP) is 3.77. The van der Waals surface area contributed by atoms with Gasteiger partial charge >= 0.3 is 0 Å². The van der Waals surface area contributed by atoms with Crippen molar-refractivity contribution < 1.29 is 5.11 Å². The second kappa shape index (κ2) is 6.42. The maximum absolute atomic E-state index is 9.37. The molecule has 2 N–H and O–H groups in total. The summed E-state index contributed by atoms with van der Waals surface area (Å²) < 4.78 is 0. The molecule has 0 aromatic heterocycles. The monoisotopic (exact) mass is 286 g/mol. The van der Waals surface area contributed by atoms with Crippen LogP contribution >= 0.6 is 11.6 Å².